The van der Waals surface area contributed by atoms with Crippen molar-refractivity contribution < 1.29 is 18.3 Å². The third kappa shape index (κ3) is 5.72. The number of halogens is 2. The lowest BCUT2D eigenvalue weighted by Crippen LogP contribution is -2.55. The van der Waals surface area contributed by atoms with Gasteiger partial charge < -0.3 is 24.3 Å². The SMILES string of the molecule is C=CC(=O)N1CCN(c2nc(OC[C@@H]3CCCN3C)nc3c2CCN(c2ccccc2C(F)F)C3)CC1CC#N. The van der Waals surface area contributed by atoms with Crippen LogP contribution in [0.15, 0.2) is 36.9 Å². The Morgan fingerprint density at radius 1 is 1.20 bits per heavy atom. The van der Waals surface area contributed by atoms with Crippen molar-refractivity contribution in [2.75, 3.05) is 56.2 Å². The van der Waals surface area contributed by atoms with Crippen molar-refractivity contribution in [1.29, 1.82) is 5.26 Å². The van der Waals surface area contributed by atoms with Crippen LogP contribution in [-0.2, 0) is 17.8 Å². The second-order valence-electron chi connectivity index (χ2n) is 10.6. The summed E-state index contributed by atoms with van der Waals surface area (Å²) in [6.45, 7) is 7.40. The third-order valence-corrected chi connectivity index (χ3v) is 8.18. The molecule has 2 atom stereocenters. The minimum atomic E-state index is -2.58. The molecule has 0 radical (unpaired) electrons. The molecule has 3 aliphatic rings. The number of alkyl halides is 2. The Morgan fingerprint density at radius 2 is 2.02 bits per heavy atom. The molecule has 1 unspecified atom stereocenters. The van der Waals surface area contributed by atoms with Crippen LogP contribution in [0.2, 0.25) is 0 Å². The smallest absolute Gasteiger partial charge is 0.318 e. The number of hydrogen-bond donors (Lipinski definition) is 0. The first kappa shape index (κ1) is 27.8. The number of para-hydroxylation sites is 1. The van der Waals surface area contributed by atoms with E-state index in [-0.39, 0.29) is 36.0 Å². The summed E-state index contributed by atoms with van der Waals surface area (Å²) in [7, 11) is 2.08. The molecular weight excluding hydrogens is 516 g/mol. The van der Waals surface area contributed by atoms with Crippen LogP contribution in [0.1, 0.15) is 42.5 Å². The number of carbonyl (C=O) groups excluding carboxylic acids is 1. The Hall–Kier alpha value is -3.78. The number of aromatic nitrogens is 2. The Labute approximate surface area is 233 Å². The van der Waals surface area contributed by atoms with Gasteiger partial charge in [-0.25, -0.2) is 8.78 Å². The molecule has 40 heavy (non-hydrogen) atoms. The minimum Gasteiger partial charge on any atom is -0.462 e. The number of benzene rings is 1. The summed E-state index contributed by atoms with van der Waals surface area (Å²) in [5.74, 6) is 0.540. The summed E-state index contributed by atoms with van der Waals surface area (Å²) in [4.78, 5) is 30.1. The highest BCUT2D eigenvalue weighted by Crippen LogP contribution is 2.36. The van der Waals surface area contributed by atoms with E-state index in [1.54, 1.807) is 23.1 Å². The lowest BCUT2D eigenvalue weighted by Gasteiger charge is -2.42. The van der Waals surface area contributed by atoms with Gasteiger partial charge in [-0.05, 0) is 45.0 Å². The molecule has 1 amide bonds. The molecule has 0 N–H and O–H groups in total. The zero-order chi connectivity index (χ0) is 28.2. The van der Waals surface area contributed by atoms with E-state index in [0.717, 1.165) is 36.5 Å². The number of amides is 1. The Kier molecular flexibility index (Phi) is 8.45. The largest absolute Gasteiger partial charge is 0.462 e. The number of nitriles is 1. The summed E-state index contributed by atoms with van der Waals surface area (Å²) in [5.41, 5.74) is 2.21. The highest BCUT2D eigenvalue weighted by atomic mass is 19.3. The number of likely N-dealkylation sites (tertiary alicyclic amines) is 1. The van der Waals surface area contributed by atoms with Crippen molar-refractivity contribution in [2.24, 2.45) is 0 Å². The van der Waals surface area contributed by atoms with Gasteiger partial charge in [0.2, 0.25) is 5.91 Å². The van der Waals surface area contributed by atoms with Gasteiger partial charge in [-0.3, -0.25) is 4.79 Å². The van der Waals surface area contributed by atoms with Crippen LogP contribution in [0.4, 0.5) is 20.3 Å². The van der Waals surface area contributed by atoms with Gasteiger partial charge in [0.25, 0.3) is 6.43 Å². The van der Waals surface area contributed by atoms with Crippen LogP contribution < -0.4 is 14.5 Å². The first-order valence-corrected chi connectivity index (χ1v) is 13.8. The van der Waals surface area contributed by atoms with Gasteiger partial charge in [-0.2, -0.15) is 15.2 Å². The molecule has 212 valence electrons. The summed E-state index contributed by atoms with van der Waals surface area (Å²) in [5, 5.41) is 9.44. The van der Waals surface area contributed by atoms with Crippen molar-refractivity contribution in [2.45, 2.75) is 50.7 Å². The van der Waals surface area contributed by atoms with E-state index < -0.39 is 6.43 Å². The lowest BCUT2D eigenvalue weighted by atomic mass is 10.0. The van der Waals surface area contributed by atoms with Gasteiger partial charge in [0.05, 0.1) is 30.8 Å². The quantitative estimate of drug-likeness (QED) is 0.461. The van der Waals surface area contributed by atoms with Crippen molar-refractivity contribution in [3.8, 4) is 12.1 Å². The van der Waals surface area contributed by atoms with Crippen LogP contribution in [0.5, 0.6) is 6.01 Å². The molecule has 4 heterocycles. The van der Waals surface area contributed by atoms with Crippen LogP contribution in [0.25, 0.3) is 0 Å². The van der Waals surface area contributed by atoms with Crippen molar-refractivity contribution in [3.63, 3.8) is 0 Å². The first-order chi connectivity index (χ1) is 19.4. The fourth-order valence-electron chi connectivity index (χ4n) is 5.98. The van der Waals surface area contributed by atoms with Gasteiger partial charge in [0.15, 0.2) is 0 Å². The van der Waals surface area contributed by atoms with Gasteiger partial charge in [-0.15, -0.1) is 0 Å². The zero-order valence-electron chi connectivity index (χ0n) is 22.8. The van der Waals surface area contributed by atoms with Gasteiger partial charge >= 0.3 is 6.01 Å². The van der Waals surface area contributed by atoms with Crippen LogP contribution in [-0.4, -0.2) is 84.1 Å². The maximum Gasteiger partial charge on any atom is 0.318 e. The first-order valence-electron chi connectivity index (χ1n) is 13.8. The molecule has 2 aromatic rings. The third-order valence-electron chi connectivity index (χ3n) is 8.18. The molecule has 1 aromatic carbocycles. The predicted octanol–water partition coefficient (Wildman–Crippen LogP) is 3.57. The molecule has 0 bridgehead atoms. The molecule has 0 aliphatic carbocycles. The molecule has 1 aromatic heterocycles. The van der Waals surface area contributed by atoms with Crippen LogP contribution >= 0.6 is 0 Å². The summed E-state index contributed by atoms with van der Waals surface area (Å²) >= 11 is 0. The molecule has 3 aliphatic heterocycles. The van der Waals surface area contributed by atoms with Gasteiger partial charge in [0.1, 0.15) is 12.4 Å². The lowest BCUT2D eigenvalue weighted by molar-refractivity contribution is -0.128. The number of rotatable bonds is 8. The number of ether oxygens (including phenoxy) is 1. The molecule has 2 fully saturated rings. The van der Waals surface area contributed by atoms with Crippen molar-refractivity contribution in [1.82, 2.24) is 19.8 Å². The molecule has 0 saturated carbocycles. The van der Waals surface area contributed by atoms with E-state index in [2.05, 4.69) is 29.5 Å². The van der Waals surface area contributed by atoms with E-state index in [9.17, 15) is 18.8 Å². The fraction of sp³-hybridized carbons (Fsp3) is 0.517. The summed E-state index contributed by atoms with van der Waals surface area (Å²) in [6, 6.07) is 9.04. The highest BCUT2D eigenvalue weighted by Gasteiger charge is 2.34. The van der Waals surface area contributed by atoms with E-state index >= 15 is 0 Å². The second kappa shape index (κ2) is 12.2. The van der Waals surface area contributed by atoms with E-state index in [1.165, 1.54) is 12.1 Å². The highest BCUT2D eigenvalue weighted by molar-refractivity contribution is 5.87. The number of carbonyl (C=O) groups is 1. The second-order valence-corrected chi connectivity index (χ2v) is 10.6. The van der Waals surface area contributed by atoms with Gasteiger partial charge in [0, 0.05) is 49.0 Å². The van der Waals surface area contributed by atoms with E-state index in [4.69, 9.17) is 14.7 Å². The normalized spacial score (nSPS) is 21.3. The number of hydrogen-bond acceptors (Lipinski definition) is 8. The minimum absolute atomic E-state index is 0.00308. The van der Waals surface area contributed by atoms with Crippen LogP contribution in [0.3, 0.4) is 0 Å². The van der Waals surface area contributed by atoms with Crippen molar-refractivity contribution >= 4 is 17.4 Å². The molecule has 2 saturated heterocycles. The standard InChI is InChI=1S/C29H35F2N7O2/c1-3-26(39)38-16-15-37(17-20(38)10-12-32)28-22-11-14-36(25-9-5-4-8-23(25)27(30)31)18-24(22)33-29(34-28)40-19-21-7-6-13-35(21)2/h3-5,8-9,20-21,27H,1,6-7,10-11,13-19H2,2H3/t20?,21-/m0/s1. The molecule has 9 nitrogen and oxygen atoms in total. The topological polar surface area (TPSA) is 88.8 Å². The maximum absolute atomic E-state index is 13.8. The monoisotopic (exact) mass is 551 g/mol. The number of fused-ring (bicyclic) bond motifs is 1. The van der Waals surface area contributed by atoms with Gasteiger partial charge in [-0.1, -0.05) is 24.8 Å². The Bertz CT molecular complexity index is 1280. The average Bonchev–Trinajstić information content (AvgIpc) is 3.39. The number of nitrogens with zero attached hydrogens (tertiary/aromatic N) is 7. The maximum atomic E-state index is 13.8. The molecule has 0 spiro atoms. The number of piperazine rings is 1. The number of likely N-dealkylation sites (N-methyl/N-ethyl adjacent to an activating group) is 1. The zero-order valence-corrected chi connectivity index (χ0v) is 22.8. The van der Waals surface area contributed by atoms with Crippen LogP contribution in [0, 0.1) is 11.3 Å². The molecule has 11 heteroatoms. The fourth-order valence-corrected chi connectivity index (χ4v) is 5.98. The Balaban J connectivity index is 1.46. The Morgan fingerprint density at radius 3 is 2.75 bits per heavy atom. The van der Waals surface area contributed by atoms with E-state index in [1.807, 2.05) is 4.90 Å². The summed E-state index contributed by atoms with van der Waals surface area (Å²) in [6.07, 6.45) is 1.63. The summed E-state index contributed by atoms with van der Waals surface area (Å²) < 4.78 is 33.8. The predicted molar refractivity (Wildman–Crippen MR) is 147 cm³/mol. The average molecular weight is 552 g/mol. The van der Waals surface area contributed by atoms with E-state index in [0.29, 0.717) is 51.4 Å². The molecular formula is C29H35F2N7O2. The molecule has 5 rings (SSSR count). The van der Waals surface area contributed by atoms with Crippen molar-refractivity contribution in [3.05, 3.63) is 53.7 Å². The number of anilines is 2.